The summed E-state index contributed by atoms with van der Waals surface area (Å²) >= 11 is 0. The molecule has 64 valence electrons. The monoisotopic (exact) mass is 157 g/mol. The predicted octanol–water partition coefficient (Wildman–Crippen LogP) is 1.48. The van der Waals surface area contributed by atoms with Gasteiger partial charge in [-0.3, -0.25) is 0 Å². The first kappa shape index (κ1) is 8.37. The van der Waals surface area contributed by atoms with Gasteiger partial charge in [-0.05, 0) is 6.42 Å². The highest BCUT2D eigenvalue weighted by molar-refractivity contribution is 5.68. The Labute approximate surface area is 67.3 Å². The molecule has 0 aromatic heterocycles. The van der Waals surface area contributed by atoms with Crippen molar-refractivity contribution in [3.63, 3.8) is 0 Å². The molecule has 3 heteroatoms. The van der Waals surface area contributed by atoms with Gasteiger partial charge in [-0.15, -0.1) is 0 Å². The molecule has 1 heterocycles. The molecular formula is C8H15NO2. The molecule has 1 rings (SSSR count). The Bertz CT molecular complexity index is 161. The Morgan fingerprint density at radius 3 is 2.55 bits per heavy atom. The number of amides is 1. The number of carbonyl (C=O) groups excluding carboxylic acids is 1. The van der Waals surface area contributed by atoms with E-state index in [1.54, 1.807) is 4.90 Å². The lowest BCUT2D eigenvalue weighted by Gasteiger charge is -2.46. The lowest BCUT2D eigenvalue weighted by molar-refractivity contribution is 0.0127. The van der Waals surface area contributed by atoms with Crippen LogP contribution < -0.4 is 0 Å². The third kappa shape index (κ3) is 1.47. The number of carbonyl (C=O) groups is 1. The standard InChI is InChI=1S/C8H15NO2/c1-4-8(2)5-9(6-8)7(10)11-3/h4-6H2,1-3H3. The number of rotatable bonds is 1. The Morgan fingerprint density at radius 1 is 1.64 bits per heavy atom. The Balaban J connectivity index is 2.34. The van der Waals surface area contributed by atoms with Crippen LogP contribution in [0.25, 0.3) is 0 Å². The highest BCUT2D eigenvalue weighted by atomic mass is 16.5. The maximum Gasteiger partial charge on any atom is 0.409 e. The Morgan fingerprint density at radius 2 is 2.18 bits per heavy atom. The third-order valence-corrected chi connectivity index (χ3v) is 2.43. The van der Waals surface area contributed by atoms with Crippen molar-refractivity contribution in [2.75, 3.05) is 20.2 Å². The van der Waals surface area contributed by atoms with Crippen LogP contribution >= 0.6 is 0 Å². The maximum absolute atomic E-state index is 10.9. The second kappa shape index (κ2) is 2.72. The van der Waals surface area contributed by atoms with E-state index in [0.29, 0.717) is 5.41 Å². The summed E-state index contributed by atoms with van der Waals surface area (Å²) in [6.45, 7) is 6.02. The van der Waals surface area contributed by atoms with Gasteiger partial charge in [0.05, 0.1) is 7.11 Å². The summed E-state index contributed by atoms with van der Waals surface area (Å²) in [4.78, 5) is 12.6. The predicted molar refractivity (Wildman–Crippen MR) is 42.4 cm³/mol. The van der Waals surface area contributed by atoms with Crippen molar-refractivity contribution < 1.29 is 9.53 Å². The van der Waals surface area contributed by atoms with Crippen LogP contribution in [0.2, 0.25) is 0 Å². The van der Waals surface area contributed by atoms with E-state index in [4.69, 9.17) is 0 Å². The fourth-order valence-electron chi connectivity index (χ4n) is 1.36. The van der Waals surface area contributed by atoms with E-state index in [0.717, 1.165) is 19.5 Å². The number of likely N-dealkylation sites (tertiary alicyclic amines) is 1. The third-order valence-electron chi connectivity index (χ3n) is 2.43. The number of ether oxygens (including phenoxy) is 1. The molecule has 0 saturated carbocycles. The molecule has 3 nitrogen and oxygen atoms in total. The van der Waals surface area contributed by atoms with E-state index in [2.05, 4.69) is 18.6 Å². The summed E-state index contributed by atoms with van der Waals surface area (Å²) in [5.41, 5.74) is 0.341. The molecule has 1 saturated heterocycles. The van der Waals surface area contributed by atoms with E-state index < -0.39 is 0 Å². The number of hydrogen-bond acceptors (Lipinski definition) is 2. The number of methoxy groups -OCH3 is 1. The van der Waals surface area contributed by atoms with Crippen molar-refractivity contribution in [1.29, 1.82) is 0 Å². The van der Waals surface area contributed by atoms with Crippen LogP contribution in [0, 0.1) is 5.41 Å². The van der Waals surface area contributed by atoms with Gasteiger partial charge < -0.3 is 9.64 Å². The van der Waals surface area contributed by atoms with Gasteiger partial charge in [0.25, 0.3) is 0 Å². The lowest BCUT2D eigenvalue weighted by Crippen LogP contribution is -2.56. The summed E-state index contributed by atoms with van der Waals surface area (Å²) in [6.07, 6.45) is 0.927. The van der Waals surface area contributed by atoms with E-state index in [1.807, 2.05) is 0 Å². The van der Waals surface area contributed by atoms with Crippen molar-refractivity contribution in [2.45, 2.75) is 20.3 Å². The molecule has 1 amide bonds. The first-order valence-electron chi connectivity index (χ1n) is 3.94. The molecular weight excluding hydrogens is 142 g/mol. The minimum atomic E-state index is -0.198. The van der Waals surface area contributed by atoms with Crippen LogP contribution in [-0.2, 0) is 4.74 Å². The van der Waals surface area contributed by atoms with Gasteiger partial charge in [0.15, 0.2) is 0 Å². The van der Waals surface area contributed by atoms with E-state index in [9.17, 15) is 4.79 Å². The zero-order chi connectivity index (χ0) is 8.48. The second-order valence-electron chi connectivity index (χ2n) is 3.49. The second-order valence-corrected chi connectivity index (χ2v) is 3.49. The van der Waals surface area contributed by atoms with Gasteiger partial charge >= 0.3 is 6.09 Å². The normalized spacial score (nSPS) is 20.8. The maximum atomic E-state index is 10.9. The first-order valence-corrected chi connectivity index (χ1v) is 3.94. The van der Waals surface area contributed by atoms with Crippen molar-refractivity contribution in [3.8, 4) is 0 Å². The fraction of sp³-hybridized carbons (Fsp3) is 0.875. The van der Waals surface area contributed by atoms with Crippen LogP contribution in [0.5, 0.6) is 0 Å². The molecule has 0 aromatic rings. The molecule has 11 heavy (non-hydrogen) atoms. The van der Waals surface area contributed by atoms with Crippen molar-refractivity contribution >= 4 is 6.09 Å². The molecule has 0 radical (unpaired) electrons. The zero-order valence-electron chi connectivity index (χ0n) is 7.39. The molecule has 0 aliphatic carbocycles. The van der Waals surface area contributed by atoms with Gasteiger partial charge in [0.1, 0.15) is 0 Å². The van der Waals surface area contributed by atoms with Gasteiger partial charge in [-0.2, -0.15) is 0 Å². The molecule has 0 atom stereocenters. The first-order chi connectivity index (χ1) is 5.11. The summed E-state index contributed by atoms with van der Waals surface area (Å²) < 4.78 is 4.58. The van der Waals surface area contributed by atoms with Crippen molar-refractivity contribution in [2.24, 2.45) is 5.41 Å². The van der Waals surface area contributed by atoms with Crippen molar-refractivity contribution in [3.05, 3.63) is 0 Å². The van der Waals surface area contributed by atoms with E-state index in [1.165, 1.54) is 7.11 Å². The fourth-order valence-corrected chi connectivity index (χ4v) is 1.36. The lowest BCUT2D eigenvalue weighted by atomic mass is 9.80. The molecule has 1 fully saturated rings. The molecule has 0 spiro atoms. The Kier molecular flexibility index (Phi) is 2.07. The van der Waals surface area contributed by atoms with E-state index in [-0.39, 0.29) is 6.09 Å². The molecule has 0 aromatic carbocycles. The van der Waals surface area contributed by atoms with Gasteiger partial charge in [0.2, 0.25) is 0 Å². The minimum absolute atomic E-state index is 0.198. The Hall–Kier alpha value is -0.730. The largest absolute Gasteiger partial charge is 0.453 e. The smallest absolute Gasteiger partial charge is 0.409 e. The summed E-state index contributed by atoms with van der Waals surface area (Å²) in [6, 6.07) is 0. The zero-order valence-corrected chi connectivity index (χ0v) is 7.39. The highest BCUT2D eigenvalue weighted by Gasteiger charge is 2.40. The molecule has 1 aliphatic heterocycles. The summed E-state index contributed by atoms with van der Waals surface area (Å²) in [5, 5.41) is 0. The van der Waals surface area contributed by atoms with Gasteiger partial charge in [-0.1, -0.05) is 13.8 Å². The van der Waals surface area contributed by atoms with E-state index >= 15 is 0 Å². The highest BCUT2D eigenvalue weighted by Crippen LogP contribution is 2.32. The van der Waals surface area contributed by atoms with Gasteiger partial charge in [-0.25, -0.2) is 4.79 Å². The average molecular weight is 157 g/mol. The van der Waals surface area contributed by atoms with Crippen LogP contribution in [0.4, 0.5) is 4.79 Å². The molecule has 0 bridgehead atoms. The van der Waals surface area contributed by atoms with Crippen LogP contribution in [0.15, 0.2) is 0 Å². The summed E-state index contributed by atoms with van der Waals surface area (Å²) in [5.74, 6) is 0. The number of hydrogen-bond donors (Lipinski definition) is 0. The molecule has 0 N–H and O–H groups in total. The summed E-state index contributed by atoms with van der Waals surface area (Å²) in [7, 11) is 1.42. The van der Waals surface area contributed by atoms with Crippen LogP contribution in [0.1, 0.15) is 20.3 Å². The van der Waals surface area contributed by atoms with Crippen molar-refractivity contribution in [1.82, 2.24) is 4.90 Å². The van der Waals surface area contributed by atoms with Crippen LogP contribution in [-0.4, -0.2) is 31.2 Å². The average Bonchev–Trinajstić information content (AvgIpc) is 1.97. The SMILES string of the molecule is CCC1(C)CN(C(=O)OC)C1. The molecule has 0 unspecified atom stereocenters. The number of nitrogens with zero attached hydrogens (tertiary/aromatic N) is 1. The van der Waals surface area contributed by atoms with Gasteiger partial charge in [0, 0.05) is 18.5 Å². The quantitative estimate of drug-likeness (QED) is 0.577. The topological polar surface area (TPSA) is 29.5 Å². The molecule has 1 aliphatic rings. The van der Waals surface area contributed by atoms with Crippen LogP contribution in [0.3, 0.4) is 0 Å². The minimum Gasteiger partial charge on any atom is -0.453 e.